The highest BCUT2D eigenvalue weighted by atomic mass is 127. The molecule has 2 aromatic rings. The SMILES string of the molecule is Cc1csc2c(I)cc([N+](=O)[O-])cc12. The summed E-state index contributed by atoms with van der Waals surface area (Å²) < 4.78 is 2.08. The number of nitro groups is 1. The Kier molecular flexibility index (Phi) is 2.44. The maximum absolute atomic E-state index is 10.6. The molecule has 0 spiro atoms. The van der Waals surface area contributed by atoms with Crippen LogP contribution in [0.4, 0.5) is 5.69 Å². The van der Waals surface area contributed by atoms with Gasteiger partial charge in [0, 0.05) is 25.8 Å². The predicted molar refractivity (Wildman–Crippen MR) is 65.9 cm³/mol. The Labute approximate surface area is 98.0 Å². The minimum atomic E-state index is -0.349. The highest BCUT2D eigenvalue weighted by Gasteiger charge is 2.12. The van der Waals surface area contributed by atoms with Crippen LogP contribution in [0.5, 0.6) is 0 Å². The molecular formula is C9H6INO2S. The van der Waals surface area contributed by atoms with Crippen molar-refractivity contribution in [3.63, 3.8) is 0 Å². The number of benzene rings is 1. The molecule has 5 heteroatoms. The van der Waals surface area contributed by atoms with Crippen molar-refractivity contribution in [2.45, 2.75) is 6.92 Å². The van der Waals surface area contributed by atoms with Crippen LogP contribution in [0.2, 0.25) is 0 Å². The summed E-state index contributed by atoms with van der Waals surface area (Å²) in [5.74, 6) is 0. The van der Waals surface area contributed by atoms with Gasteiger partial charge < -0.3 is 0 Å². The normalized spacial score (nSPS) is 10.7. The molecule has 14 heavy (non-hydrogen) atoms. The maximum Gasteiger partial charge on any atom is 0.271 e. The zero-order chi connectivity index (χ0) is 10.3. The van der Waals surface area contributed by atoms with Gasteiger partial charge in [-0.05, 0) is 40.5 Å². The average molecular weight is 319 g/mol. The lowest BCUT2D eigenvalue weighted by molar-refractivity contribution is -0.384. The number of hydrogen-bond donors (Lipinski definition) is 0. The van der Waals surface area contributed by atoms with Crippen molar-refractivity contribution in [3.8, 4) is 0 Å². The van der Waals surface area contributed by atoms with Crippen LogP contribution in [0.3, 0.4) is 0 Å². The van der Waals surface area contributed by atoms with E-state index in [9.17, 15) is 10.1 Å². The van der Waals surface area contributed by atoms with Crippen molar-refractivity contribution in [1.82, 2.24) is 0 Å². The molecule has 0 unspecified atom stereocenters. The molecule has 0 N–H and O–H groups in total. The van der Waals surface area contributed by atoms with Gasteiger partial charge in [0.15, 0.2) is 0 Å². The predicted octanol–water partition coefficient (Wildman–Crippen LogP) is 3.72. The van der Waals surface area contributed by atoms with E-state index in [0.29, 0.717) is 0 Å². The minimum absolute atomic E-state index is 0.170. The lowest BCUT2D eigenvalue weighted by Gasteiger charge is -1.96. The van der Waals surface area contributed by atoms with Gasteiger partial charge in [-0.3, -0.25) is 10.1 Å². The van der Waals surface area contributed by atoms with Crippen molar-refractivity contribution >= 4 is 49.7 Å². The highest BCUT2D eigenvalue weighted by Crippen LogP contribution is 2.33. The second-order valence-electron chi connectivity index (χ2n) is 2.98. The van der Waals surface area contributed by atoms with Gasteiger partial charge in [-0.15, -0.1) is 11.3 Å². The van der Waals surface area contributed by atoms with Crippen LogP contribution >= 0.6 is 33.9 Å². The maximum atomic E-state index is 10.6. The monoisotopic (exact) mass is 319 g/mol. The van der Waals surface area contributed by atoms with Crippen molar-refractivity contribution < 1.29 is 4.92 Å². The number of aryl methyl sites for hydroxylation is 1. The molecule has 0 aliphatic heterocycles. The fourth-order valence-electron chi connectivity index (χ4n) is 1.31. The summed E-state index contributed by atoms with van der Waals surface area (Å²) in [5.41, 5.74) is 1.27. The van der Waals surface area contributed by atoms with Crippen LogP contribution in [-0.4, -0.2) is 4.92 Å². The van der Waals surface area contributed by atoms with E-state index in [2.05, 4.69) is 22.6 Å². The first-order valence-corrected chi connectivity index (χ1v) is 5.87. The van der Waals surface area contributed by atoms with Gasteiger partial charge in [0.25, 0.3) is 5.69 Å². The van der Waals surface area contributed by atoms with Crippen molar-refractivity contribution in [2.75, 3.05) is 0 Å². The third kappa shape index (κ3) is 1.50. The van der Waals surface area contributed by atoms with Gasteiger partial charge in [-0.2, -0.15) is 0 Å². The number of non-ortho nitro benzene ring substituents is 1. The summed E-state index contributed by atoms with van der Waals surface area (Å²) in [7, 11) is 0. The molecule has 0 amide bonds. The van der Waals surface area contributed by atoms with E-state index in [4.69, 9.17) is 0 Å². The number of rotatable bonds is 1. The lowest BCUT2D eigenvalue weighted by atomic mass is 10.2. The number of hydrogen-bond acceptors (Lipinski definition) is 3. The molecule has 0 radical (unpaired) electrons. The van der Waals surface area contributed by atoms with Crippen LogP contribution < -0.4 is 0 Å². The molecule has 0 fully saturated rings. The molecule has 0 aliphatic rings. The summed E-state index contributed by atoms with van der Waals surface area (Å²) in [6, 6.07) is 3.25. The molecule has 1 heterocycles. The van der Waals surface area contributed by atoms with Crippen molar-refractivity contribution in [3.05, 3.63) is 36.8 Å². The van der Waals surface area contributed by atoms with E-state index in [0.717, 1.165) is 19.2 Å². The van der Waals surface area contributed by atoms with Gasteiger partial charge in [0.1, 0.15) is 0 Å². The van der Waals surface area contributed by atoms with Gasteiger partial charge in [0.2, 0.25) is 0 Å². The zero-order valence-corrected chi connectivity index (χ0v) is 10.3. The number of fused-ring (bicyclic) bond motifs is 1. The van der Waals surface area contributed by atoms with E-state index in [-0.39, 0.29) is 10.6 Å². The van der Waals surface area contributed by atoms with E-state index in [1.807, 2.05) is 12.3 Å². The van der Waals surface area contributed by atoms with E-state index in [1.54, 1.807) is 23.5 Å². The van der Waals surface area contributed by atoms with Crippen LogP contribution in [0.25, 0.3) is 10.1 Å². The molecule has 2 rings (SSSR count). The van der Waals surface area contributed by atoms with Gasteiger partial charge in [-0.25, -0.2) is 0 Å². The van der Waals surface area contributed by atoms with Gasteiger partial charge in [-0.1, -0.05) is 0 Å². The molecule has 0 saturated heterocycles. The fraction of sp³-hybridized carbons (Fsp3) is 0.111. The molecule has 0 saturated carbocycles. The number of nitro benzene ring substituents is 1. The summed E-state index contributed by atoms with van der Waals surface area (Å²) in [4.78, 5) is 10.3. The van der Waals surface area contributed by atoms with Crippen molar-refractivity contribution in [2.24, 2.45) is 0 Å². The largest absolute Gasteiger partial charge is 0.271 e. The Morgan fingerprint density at radius 1 is 1.50 bits per heavy atom. The Morgan fingerprint density at radius 2 is 2.21 bits per heavy atom. The minimum Gasteiger partial charge on any atom is -0.258 e. The second kappa shape index (κ2) is 3.47. The number of halogens is 1. The molecular weight excluding hydrogens is 313 g/mol. The summed E-state index contributed by atoms with van der Waals surface area (Å²) in [6.45, 7) is 1.97. The van der Waals surface area contributed by atoms with Gasteiger partial charge >= 0.3 is 0 Å². The Bertz CT molecular complexity index is 521. The lowest BCUT2D eigenvalue weighted by Crippen LogP contribution is -1.88. The quantitative estimate of drug-likeness (QED) is 0.457. The first-order chi connectivity index (χ1) is 6.59. The van der Waals surface area contributed by atoms with Crippen LogP contribution in [0, 0.1) is 20.6 Å². The number of thiophene rings is 1. The summed E-state index contributed by atoms with van der Waals surface area (Å²) in [6.07, 6.45) is 0. The van der Waals surface area contributed by atoms with E-state index >= 15 is 0 Å². The topological polar surface area (TPSA) is 43.1 Å². The second-order valence-corrected chi connectivity index (χ2v) is 5.02. The van der Waals surface area contributed by atoms with Crippen LogP contribution in [-0.2, 0) is 0 Å². The molecule has 72 valence electrons. The molecule has 1 aromatic carbocycles. The third-order valence-corrected chi connectivity index (χ3v) is 4.38. The van der Waals surface area contributed by atoms with Crippen molar-refractivity contribution in [1.29, 1.82) is 0 Å². The Morgan fingerprint density at radius 3 is 2.86 bits per heavy atom. The smallest absolute Gasteiger partial charge is 0.258 e. The fourth-order valence-corrected chi connectivity index (χ4v) is 3.24. The first kappa shape index (κ1) is 9.85. The Balaban J connectivity index is 2.82. The van der Waals surface area contributed by atoms with E-state index in [1.165, 1.54) is 0 Å². The first-order valence-electron chi connectivity index (χ1n) is 3.91. The van der Waals surface area contributed by atoms with Gasteiger partial charge in [0.05, 0.1) is 4.92 Å². The Hall–Kier alpha value is -0.690. The highest BCUT2D eigenvalue weighted by molar-refractivity contribution is 14.1. The third-order valence-electron chi connectivity index (χ3n) is 2.02. The summed E-state index contributed by atoms with van der Waals surface area (Å²) in [5, 5.41) is 13.7. The summed E-state index contributed by atoms with van der Waals surface area (Å²) >= 11 is 3.77. The molecule has 0 aliphatic carbocycles. The molecule has 0 bridgehead atoms. The molecule has 0 atom stereocenters. The zero-order valence-electron chi connectivity index (χ0n) is 7.28. The average Bonchev–Trinajstić information content (AvgIpc) is 2.48. The van der Waals surface area contributed by atoms with Crippen LogP contribution in [0.15, 0.2) is 17.5 Å². The molecule has 3 nitrogen and oxygen atoms in total. The molecule has 1 aromatic heterocycles. The number of nitrogens with zero attached hydrogens (tertiary/aromatic N) is 1. The van der Waals surface area contributed by atoms with E-state index < -0.39 is 0 Å². The standard InChI is InChI=1S/C9H6INO2S/c1-5-4-14-9-7(5)2-6(11(12)13)3-8(9)10/h2-4H,1H3. The van der Waals surface area contributed by atoms with Crippen LogP contribution in [0.1, 0.15) is 5.56 Å².